The molecule has 1 saturated heterocycles. The smallest absolute Gasteiger partial charge is 0.352 e. The molecule has 2 N–H and O–H groups in total. The van der Waals surface area contributed by atoms with Crippen molar-refractivity contribution in [1.82, 2.24) is 10.2 Å². The van der Waals surface area contributed by atoms with Gasteiger partial charge in [-0.15, -0.1) is 11.8 Å². The first-order chi connectivity index (χ1) is 13.9. The van der Waals surface area contributed by atoms with E-state index in [9.17, 15) is 19.5 Å². The number of rotatable bonds is 5. The Kier molecular flexibility index (Phi) is 5.06. The lowest BCUT2D eigenvalue weighted by molar-refractivity contribution is -0.151. The number of methoxy groups -OCH3 is 1. The van der Waals surface area contributed by atoms with Gasteiger partial charge in [-0.1, -0.05) is 25.0 Å². The largest absolute Gasteiger partial charge is 0.497 e. The summed E-state index contributed by atoms with van der Waals surface area (Å²) in [6.07, 6.45) is 3.36. The van der Waals surface area contributed by atoms with Crippen molar-refractivity contribution in [3.05, 3.63) is 41.1 Å². The monoisotopic (exact) mass is 416 g/mol. The number of amides is 2. The zero-order valence-corrected chi connectivity index (χ0v) is 17.3. The van der Waals surface area contributed by atoms with Crippen LogP contribution in [0.25, 0.3) is 0 Å². The summed E-state index contributed by atoms with van der Waals surface area (Å²) in [7, 11) is 1.60. The van der Waals surface area contributed by atoms with Gasteiger partial charge in [-0.2, -0.15) is 0 Å². The zero-order chi connectivity index (χ0) is 20.8. The third kappa shape index (κ3) is 3.10. The fourth-order valence-corrected chi connectivity index (χ4v) is 5.88. The molecule has 4 rings (SSSR count). The maximum absolute atomic E-state index is 13.4. The quantitative estimate of drug-likeness (QED) is 0.715. The molecule has 3 aliphatic rings. The summed E-state index contributed by atoms with van der Waals surface area (Å²) in [4.78, 5) is 39.0. The number of aliphatic carboxylic acids is 1. The van der Waals surface area contributed by atoms with Crippen LogP contribution in [0.4, 0.5) is 0 Å². The van der Waals surface area contributed by atoms with E-state index in [0.29, 0.717) is 11.3 Å². The van der Waals surface area contributed by atoms with Crippen molar-refractivity contribution in [2.75, 3.05) is 12.9 Å². The predicted octanol–water partition coefficient (Wildman–Crippen LogP) is 2.27. The van der Waals surface area contributed by atoms with Crippen molar-refractivity contribution in [3.63, 3.8) is 0 Å². The number of hydrogen-bond acceptors (Lipinski definition) is 5. The first-order valence-electron chi connectivity index (χ1n) is 9.72. The summed E-state index contributed by atoms with van der Waals surface area (Å²) in [6.45, 7) is 1.73. The first-order valence-corrected chi connectivity index (χ1v) is 10.8. The summed E-state index contributed by atoms with van der Waals surface area (Å²) in [5.74, 6) is -0.339. The molecule has 1 aromatic carbocycles. The van der Waals surface area contributed by atoms with Gasteiger partial charge in [0, 0.05) is 5.75 Å². The highest BCUT2D eigenvalue weighted by molar-refractivity contribution is 8.00. The van der Waals surface area contributed by atoms with Crippen molar-refractivity contribution in [2.24, 2.45) is 0 Å². The molecule has 2 atom stereocenters. The topological polar surface area (TPSA) is 95.9 Å². The van der Waals surface area contributed by atoms with Crippen molar-refractivity contribution >= 4 is 29.5 Å². The molecule has 1 saturated carbocycles. The molecular formula is C21H24N2O5S. The molecule has 0 aromatic heterocycles. The molecule has 0 bridgehead atoms. The number of ether oxygens (including phenoxy) is 1. The van der Waals surface area contributed by atoms with E-state index in [2.05, 4.69) is 5.32 Å². The van der Waals surface area contributed by atoms with Crippen LogP contribution in [-0.2, 0) is 19.8 Å². The fourth-order valence-electron chi connectivity index (χ4n) is 4.59. The van der Waals surface area contributed by atoms with Gasteiger partial charge in [0.1, 0.15) is 22.9 Å². The van der Waals surface area contributed by atoms with Crippen LogP contribution >= 0.6 is 11.8 Å². The molecule has 2 fully saturated rings. The number of carbonyl (C=O) groups is 3. The maximum atomic E-state index is 13.4. The Bertz CT molecular complexity index is 889. The highest BCUT2D eigenvalue weighted by Crippen LogP contribution is 2.44. The number of fused-ring (bicyclic) bond motifs is 1. The molecule has 154 valence electrons. The lowest BCUT2D eigenvalue weighted by Crippen LogP contribution is -2.71. The predicted molar refractivity (Wildman–Crippen MR) is 108 cm³/mol. The van der Waals surface area contributed by atoms with E-state index in [4.69, 9.17) is 4.74 Å². The number of carboxylic acids is 1. The Morgan fingerprint density at radius 3 is 2.48 bits per heavy atom. The minimum atomic E-state index is -1.10. The van der Waals surface area contributed by atoms with Gasteiger partial charge in [-0.25, -0.2) is 4.79 Å². The standard InChI is InChI=1S/C21H24N2O5S/c1-12-11-29-18-15(17(24)23(18)16(12)19(25)26)22-20(27)21(9-3-4-10-21)13-5-7-14(28-2)8-6-13/h5-8,15,18H,3-4,9-11H2,1-2H3,(H,22,27)(H,25,26)/t15-,18+/m0/s1. The number of benzene rings is 1. The van der Waals surface area contributed by atoms with Gasteiger partial charge >= 0.3 is 5.97 Å². The Balaban J connectivity index is 1.55. The molecule has 2 aliphatic heterocycles. The minimum absolute atomic E-state index is 0.0509. The van der Waals surface area contributed by atoms with E-state index in [1.165, 1.54) is 16.7 Å². The van der Waals surface area contributed by atoms with Crippen LogP contribution in [-0.4, -0.2) is 52.1 Å². The third-order valence-corrected chi connectivity index (χ3v) is 7.61. The van der Waals surface area contributed by atoms with Gasteiger partial charge in [0.2, 0.25) is 5.91 Å². The Morgan fingerprint density at radius 1 is 1.24 bits per heavy atom. The molecule has 1 aliphatic carbocycles. The molecule has 2 heterocycles. The molecule has 2 amide bonds. The van der Waals surface area contributed by atoms with Crippen LogP contribution in [0.1, 0.15) is 38.2 Å². The Morgan fingerprint density at radius 2 is 1.90 bits per heavy atom. The Hall–Kier alpha value is -2.48. The van der Waals surface area contributed by atoms with E-state index in [0.717, 1.165) is 37.0 Å². The van der Waals surface area contributed by atoms with Crippen LogP contribution in [0.2, 0.25) is 0 Å². The number of nitrogens with one attached hydrogen (secondary N) is 1. The summed E-state index contributed by atoms with van der Waals surface area (Å²) < 4.78 is 5.22. The van der Waals surface area contributed by atoms with Gasteiger partial charge in [0.05, 0.1) is 12.5 Å². The van der Waals surface area contributed by atoms with Gasteiger partial charge in [-0.3, -0.25) is 14.5 Å². The molecule has 1 aromatic rings. The van der Waals surface area contributed by atoms with Crippen LogP contribution in [0.3, 0.4) is 0 Å². The lowest BCUT2D eigenvalue weighted by atomic mass is 9.77. The summed E-state index contributed by atoms with van der Waals surface area (Å²) >= 11 is 1.49. The van der Waals surface area contributed by atoms with Crippen LogP contribution in [0.15, 0.2) is 35.5 Å². The summed E-state index contributed by atoms with van der Waals surface area (Å²) in [5, 5.41) is 12.0. The van der Waals surface area contributed by atoms with Gasteiger partial charge in [0.15, 0.2) is 0 Å². The number of carboxylic acid groups (broad SMARTS) is 1. The molecule has 0 unspecified atom stereocenters. The lowest BCUT2D eigenvalue weighted by Gasteiger charge is -2.50. The highest BCUT2D eigenvalue weighted by Gasteiger charge is 2.55. The fraction of sp³-hybridized carbons (Fsp3) is 0.476. The van der Waals surface area contributed by atoms with E-state index in [1.807, 2.05) is 24.3 Å². The number of hydrogen-bond donors (Lipinski definition) is 2. The third-order valence-electron chi connectivity index (χ3n) is 6.18. The van der Waals surface area contributed by atoms with Crippen LogP contribution in [0.5, 0.6) is 5.75 Å². The number of thioether (sulfide) groups is 1. The van der Waals surface area contributed by atoms with E-state index in [-0.39, 0.29) is 22.9 Å². The van der Waals surface area contributed by atoms with E-state index >= 15 is 0 Å². The van der Waals surface area contributed by atoms with Gasteiger partial charge in [-0.05, 0) is 43.0 Å². The van der Waals surface area contributed by atoms with Crippen molar-refractivity contribution in [3.8, 4) is 5.75 Å². The van der Waals surface area contributed by atoms with Gasteiger partial charge in [0.25, 0.3) is 5.91 Å². The van der Waals surface area contributed by atoms with Crippen LogP contribution in [0, 0.1) is 0 Å². The van der Waals surface area contributed by atoms with E-state index in [1.54, 1.807) is 14.0 Å². The number of carbonyl (C=O) groups excluding carboxylic acids is 2. The minimum Gasteiger partial charge on any atom is -0.497 e. The first kappa shape index (κ1) is 19.8. The zero-order valence-electron chi connectivity index (χ0n) is 16.4. The Labute approximate surface area is 173 Å². The number of β-lactam (4-membered cyclic amide) rings is 1. The molecule has 0 radical (unpaired) electrons. The molecule has 7 nitrogen and oxygen atoms in total. The second kappa shape index (κ2) is 7.40. The number of nitrogens with zero attached hydrogens (tertiary/aromatic N) is 1. The normalized spacial score (nSPS) is 25.3. The highest BCUT2D eigenvalue weighted by atomic mass is 32.2. The summed E-state index contributed by atoms with van der Waals surface area (Å²) in [5.41, 5.74) is 0.987. The maximum Gasteiger partial charge on any atom is 0.352 e. The SMILES string of the molecule is COc1ccc(C2(C(=O)N[C@H]3C(=O)N4C(C(=O)O)=C(C)CS[C@H]34)CCCC2)cc1. The second-order valence-electron chi connectivity index (χ2n) is 7.81. The molecule has 8 heteroatoms. The van der Waals surface area contributed by atoms with Crippen molar-refractivity contribution in [2.45, 2.75) is 49.4 Å². The van der Waals surface area contributed by atoms with E-state index < -0.39 is 17.4 Å². The van der Waals surface area contributed by atoms with Crippen molar-refractivity contribution in [1.29, 1.82) is 0 Å². The molecule has 29 heavy (non-hydrogen) atoms. The molecule has 0 spiro atoms. The average molecular weight is 416 g/mol. The van der Waals surface area contributed by atoms with Crippen molar-refractivity contribution < 1.29 is 24.2 Å². The van der Waals surface area contributed by atoms with Gasteiger partial charge < -0.3 is 15.2 Å². The van der Waals surface area contributed by atoms with Crippen LogP contribution < -0.4 is 10.1 Å². The second-order valence-corrected chi connectivity index (χ2v) is 8.92. The molecular weight excluding hydrogens is 392 g/mol. The average Bonchev–Trinajstić information content (AvgIpc) is 3.22. The summed E-state index contributed by atoms with van der Waals surface area (Å²) in [6, 6.07) is 6.85.